The van der Waals surface area contributed by atoms with Crippen molar-refractivity contribution in [3.63, 3.8) is 0 Å². The predicted molar refractivity (Wildman–Crippen MR) is 62.4 cm³/mol. The van der Waals surface area contributed by atoms with Crippen molar-refractivity contribution in [3.8, 4) is 0 Å². The van der Waals surface area contributed by atoms with Gasteiger partial charge in [0.15, 0.2) is 0 Å². The van der Waals surface area contributed by atoms with Gasteiger partial charge in [-0.15, -0.1) is 0 Å². The van der Waals surface area contributed by atoms with Gasteiger partial charge in [0.25, 0.3) is 0 Å². The Kier molecular flexibility index (Phi) is 3.51. The standard InChI is InChI=1S/C12H19N3O/c1-8-11(3-5-13)9(2)15-12(14-8)10-4-6-16-7-10/h10H,3-7,13H2,1-2H3. The second-order valence-electron chi connectivity index (χ2n) is 4.33. The van der Waals surface area contributed by atoms with Gasteiger partial charge < -0.3 is 10.5 Å². The number of nitrogens with two attached hydrogens (primary N) is 1. The summed E-state index contributed by atoms with van der Waals surface area (Å²) in [6.07, 6.45) is 1.90. The first kappa shape index (κ1) is 11.5. The van der Waals surface area contributed by atoms with Crippen LogP contribution in [0.1, 0.15) is 35.1 Å². The Morgan fingerprint density at radius 2 is 2.00 bits per heavy atom. The van der Waals surface area contributed by atoms with Gasteiger partial charge >= 0.3 is 0 Å². The molecule has 0 radical (unpaired) electrons. The molecular formula is C12H19N3O. The van der Waals surface area contributed by atoms with Crippen molar-refractivity contribution in [2.45, 2.75) is 32.6 Å². The first-order valence-electron chi connectivity index (χ1n) is 5.84. The zero-order valence-corrected chi connectivity index (χ0v) is 9.99. The normalized spacial score (nSPS) is 20.3. The molecule has 1 fully saturated rings. The third-order valence-corrected chi connectivity index (χ3v) is 3.13. The molecule has 1 aliphatic heterocycles. The molecule has 0 aromatic carbocycles. The van der Waals surface area contributed by atoms with Crippen molar-refractivity contribution in [3.05, 3.63) is 22.8 Å². The number of nitrogens with zero attached hydrogens (tertiary/aromatic N) is 2. The summed E-state index contributed by atoms with van der Waals surface area (Å²) >= 11 is 0. The first-order chi connectivity index (χ1) is 7.72. The molecule has 0 bridgehead atoms. The molecule has 1 aromatic rings. The highest BCUT2D eigenvalue weighted by atomic mass is 16.5. The van der Waals surface area contributed by atoms with Crippen LogP contribution in [0.2, 0.25) is 0 Å². The average Bonchev–Trinajstić information content (AvgIpc) is 2.76. The molecule has 2 N–H and O–H groups in total. The van der Waals surface area contributed by atoms with Gasteiger partial charge in [0.1, 0.15) is 5.82 Å². The third kappa shape index (κ3) is 2.23. The van der Waals surface area contributed by atoms with Crippen LogP contribution in [0.4, 0.5) is 0 Å². The van der Waals surface area contributed by atoms with E-state index in [1.165, 1.54) is 5.56 Å². The fourth-order valence-electron chi connectivity index (χ4n) is 2.19. The van der Waals surface area contributed by atoms with E-state index in [-0.39, 0.29) is 0 Å². The zero-order valence-electron chi connectivity index (χ0n) is 9.99. The van der Waals surface area contributed by atoms with Crippen LogP contribution in [0.5, 0.6) is 0 Å². The summed E-state index contributed by atoms with van der Waals surface area (Å²) in [6.45, 7) is 6.32. The molecule has 0 saturated carbocycles. The fraction of sp³-hybridized carbons (Fsp3) is 0.667. The molecule has 1 atom stereocenters. The summed E-state index contributed by atoms with van der Waals surface area (Å²) in [7, 11) is 0. The summed E-state index contributed by atoms with van der Waals surface area (Å²) in [6, 6.07) is 0. The van der Waals surface area contributed by atoms with E-state index in [4.69, 9.17) is 10.5 Å². The van der Waals surface area contributed by atoms with Gasteiger partial charge in [-0.05, 0) is 38.8 Å². The van der Waals surface area contributed by atoms with Gasteiger partial charge in [-0.25, -0.2) is 9.97 Å². The minimum Gasteiger partial charge on any atom is -0.381 e. The minimum absolute atomic E-state index is 0.379. The second-order valence-corrected chi connectivity index (χ2v) is 4.33. The Morgan fingerprint density at radius 3 is 2.50 bits per heavy atom. The lowest BCUT2D eigenvalue weighted by molar-refractivity contribution is 0.193. The minimum atomic E-state index is 0.379. The lowest BCUT2D eigenvalue weighted by atomic mass is 10.1. The van der Waals surface area contributed by atoms with Crippen LogP contribution >= 0.6 is 0 Å². The maximum Gasteiger partial charge on any atom is 0.134 e. The molecule has 0 spiro atoms. The molecule has 0 amide bonds. The van der Waals surface area contributed by atoms with E-state index in [1.807, 2.05) is 13.8 Å². The van der Waals surface area contributed by atoms with E-state index in [2.05, 4.69) is 9.97 Å². The van der Waals surface area contributed by atoms with Crippen LogP contribution < -0.4 is 5.73 Å². The molecule has 4 nitrogen and oxygen atoms in total. The largest absolute Gasteiger partial charge is 0.381 e. The molecule has 16 heavy (non-hydrogen) atoms. The lowest BCUT2D eigenvalue weighted by Crippen LogP contribution is -2.12. The van der Waals surface area contributed by atoms with Gasteiger partial charge in [0.2, 0.25) is 0 Å². The Morgan fingerprint density at radius 1 is 1.31 bits per heavy atom. The molecule has 1 aliphatic rings. The van der Waals surface area contributed by atoms with Crippen molar-refractivity contribution in [2.75, 3.05) is 19.8 Å². The van der Waals surface area contributed by atoms with E-state index in [0.717, 1.165) is 43.3 Å². The van der Waals surface area contributed by atoms with E-state index >= 15 is 0 Å². The summed E-state index contributed by atoms with van der Waals surface area (Å²) in [5, 5.41) is 0. The van der Waals surface area contributed by atoms with Crippen LogP contribution in [-0.2, 0) is 11.2 Å². The topological polar surface area (TPSA) is 61.0 Å². The number of hydrogen-bond acceptors (Lipinski definition) is 4. The number of ether oxygens (including phenoxy) is 1. The second kappa shape index (κ2) is 4.89. The highest BCUT2D eigenvalue weighted by Gasteiger charge is 2.21. The van der Waals surface area contributed by atoms with Gasteiger partial charge in [-0.3, -0.25) is 0 Å². The summed E-state index contributed by atoms with van der Waals surface area (Å²) in [5.41, 5.74) is 8.92. The van der Waals surface area contributed by atoms with Crippen LogP contribution in [-0.4, -0.2) is 29.7 Å². The number of rotatable bonds is 3. The Labute approximate surface area is 96.2 Å². The molecule has 0 aliphatic carbocycles. The Bertz CT molecular complexity index is 350. The average molecular weight is 221 g/mol. The lowest BCUT2D eigenvalue weighted by Gasteiger charge is -2.12. The van der Waals surface area contributed by atoms with E-state index in [0.29, 0.717) is 12.5 Å². The maximum absolute atomic E-state index is 5.58. The third-order valence-electron chi connectivity index (χ3n) is 3.13. The number of aryl methyl sites for hydroxylation is 2. The summed E-state index contributed by atoms with van der Waals surface area (Å²) < 4.78 is 5.37. The van der Waals surface area contributed by atoms with Crippen LogP contribution in [0.25, 0.3) is 0 Å². The quantitative estimate of drug-likeness (QED) is 0.830. The molecule has 1 unspecified atom stereocenters. The fourth-order valence-corrected chi connectivity index (χ4v) is 2.19. The number of hydrogen-bond donors (Lipinski definition) is 1. The highest BCUT2D eigenvalue weighted by Crippen LogP contribution is 2.23. The van der Waals surface area contributed by atoms with Gasteiger partial charge in [-0.1, -0.05) is 0 Å². The van der Waals surface area contributed by atoms with Crippen molar-refractivity contribution < 1.29 is 4.74 Å². The van der Waals surface area contributed by atoms with Crippen LogP contribution in [0, 0.1) is 13.8 Å². The molecule has 4 heteroatoms. The van der Waals surface area contributed by atoms with E-state index < -0.39 is 0 Å². The molecule has 2 heterocycles. The summed E-state index contributed by atoms with van der Waals surface area (Å²) in [5.74, 6) is 1.32. The maximum atomic E-state index is 5.58. The smallest absolute Gasteiger partial charge is 0.134 e. The molecule has 1 saturated heterocycles. The van der Waals surface area contributed by atoms with Crippen LogP contribution in [0.15, 0.2) is 0 Å². The molecule has 2 rings (SSSR count). The van der Waals surface area contributed by atoms with Crippen molar-refractivity contribution in [1.29, 1.82) is 0 Å². The van der Waals surface area contributed by atoms with E-state index in [9.17, 15) is 0 Å². The monoisotopic (exact) mass is 221 g/mol. The highest BCUT2D eigenvalue weighted by molar-refractivity contribution is 5.25. The SMILES string of the molecule is Cc1nc(C2CCOC2)nc(C)c1CCN. The van der Waals surface area contributed by atoms with Crippen molar-refractivity contribution >= 4 is 0 Å². The summed E-state index contributed by atoms with van der Waals surface area (Å²) in [4.78, 5) is 9.18. The van der Waals surface area contributed by atoms with Crippen molar-refractivity contribution in [1.82, 2.24) is 9.97 Å². The van der Waals surface area contributed by atoms with Crippen molar-refractivity contribution in [2.24, 2.45) is 5.73 Å². The van der Waals surface area contributed by atoms with Gasteiger partial charge in [-0.2, -0.15) is 0 Å². The molecular weight excluding hydrogens is 202 g/mol. The Hall–Kier alpha value is -1.00. The molecule has 1 aromatic heterocycles. The zero-order chi connectivity index (χ0) is 11.5. The number of aromatic nitrogens is 2. The molecule has 88 valence electrons. The predicted octanol–water partition coefficient (Wildman–Crippen LogP) is 1.10. The van der Waals surface area contributed by atoms with E-state index in [1.54, 1.807) is 0 Å². The van der Waals surface area contributed by atoms with Crippen LogP contribution in [0.3, 0.4) is 0 Å². The Balaban J connectivity index is 2.28. The van der Waals surface area contributed by atoms with Gasteiger partial charge in [0, 0.05) is 23.9 Å². The first-order valence-corrected chi connectivity index (χ1v) is 5.84. The van der Waals surface area contributed by atoms with Gasteiger partial charge in [0.05, 0.1) is 6.61 Å².